The zero-order chi connectivity index (χ0) is 13.5. The summed E-state index contributed by atoms with van der Waals surface area (Å²) in [7, 11) is 2.14. The van der Waals surface area contributed by atoms with Crippen LogP contribution < -0.4 is 0 Å². The molecule has 2 atom stereocenters. The maximum Gasteiger partial charge on any atom is 0.168 e. The summed E-state index contributed by atoms with van der Waals surface area (Å²) < 4.78 is 0. The van der Waals surface area contributed by atoms with Gasteiger partial charge >= 0.3 is 0 Å². The molecular formula is C14H22Cl2N4S2. The quantitative estimate of drug-likeness (QED) is 0.733. The van der Waals surface area contributed by atoms with Gasteiger partial charge in [0.1, 0.15) is 0 Å². The molecule has 0 amide bonds. The average Bonchev–Trinajstić information content (AvgIpc) is 3.12. The predicted octanol–water partition coefficient (Wildman–Crippen LogP) is 3.44. The summed E-state index contributed by atoms with van der Waals surface area (Å²) in [6.45, 7) is 2.02. The Morgan fingerprint density at radius 3 is 2.91 bits per heavy atom. The summed E-state index contributed by atoms with van der Waals surface area (Å²) in [5.74, 6) is 1.03. The third-order valence-electron chi connectivity index (χ3n) is 4.48. The molecule has 0 aromatic carbocycles. The highest BCUT2D eigenvalue weighted by Crippen LogP contribution is 2.41. The molecule has 0 aromatic rings. The number of amidine groups is 2. The zero-order valence-electron chi connectivity index (χ0n) is 12.6. The highest BCUT2D eigenvalue weighted by molar-refractivity contribution is 8.17. The first-order chi connectivity index (χ1) is 9.83. The topological polar surface area (TPSA) is 31.2 Å². The van der Waals surface area contributed by atoms with Crippen molar-refractivity contribution in [2.45, 2.75) is 37.8 Å². The summed E-state index contributed by atoms with van der Waals surface area (Å²) in [6, 6.07) is 1.20. The van der Waals surface area contributed by atoms with E-state index in [1.54, 1.807) is 0 Å². The van der Waals surface area contributed by atoms with Crippen molar-refractivity contribution in [1.82, 2.24) is 9.80 Å². The normalized spacial score (nSPS) is 29.0. The standard InChI is InChI=1S/C14H20N4S2.2ClH/c1-17-7-6-15-13(17)19-8-10-9-20-14-16-11-4-2-3-5-12(11)18(10)14;;/h9,11-12H,2-8H2,1H3;2*1H/t11-,12-;;/m1../s1. The minimum Gasteiger partial charge on any atom is -0.353 e. The molecule has 4 rings (SSSR count). The maximum absolute atomic E-state index is 4.92. The van der Waals surface area contributed by atoms with Crippen molar-refractivity contribution in [1.29, 1.82) is 0 Å². The van der Waals surface area contributed by atoms with Gasteiger partial charge in [-0.15, -0.1) is 24.8 Å². The Labute approximate surface area is 153 Å². The van der Waals surface area contributed by atoms with Gasteiger partial charge in [-0.2, -0.15) is 0 Å². The van der Waals surface area contributed by atoms with Crippen molar-refractivity contribution < 1.29 is 0 Å². The van der Waals surface area contributed by atoms with Crippen LogP contribution in [0.3, 0.4) is 0 Å². The first-order valence-electron chi connectivity index (χ1n) is 7.44. The minimum atomic E-state index is 0. The lowest BCUT2D eigenvalue weighted by Crippen LogP contribution is -2.39. The predicted molar refractivity (Wildman–Crippen MR) is 103 cm³/mol. The lowest BCUT2D eigenvalue weighted by atomic mass is 9.91. The van der Waals surface area contributed by atoms with Crippen molar-refractivity contribution in [3.63, 3.8) is 0 Å². The van der Waals surface area contributed by atoms with Crippen molar-refractivity contribution >= 4 is 58.7 Å². The second-order valence-corrected chi connectivity index (χ2v) is 7.58. The van der Waals surface area contributed by atoms with E-state index in [1.165, 1.54) is 41.7 Å². The number of thioether (sulfide) groups is 2. The van der Waals surface area contributed by atoms with E-state index in [1.807, 2.05) is 23.5 Å². The third-order valence-corrected chi connectivity index (χ3v) is 6.52. The molecule has 22 heavy (non-hydrogen) atoms. The van der Waals surface area contributed by atoms with Gasteiger partial charge in [-0.1, -0.05) is 36.4 Å². The van der Waals surface area contributed by atoms with E-state index in [2.05, 4.69) is 27.2 Å². The van der Waals surface area contributed by atoms with Crippen LogP contribution >= 0.6 is 48.3 Å². The second kappa shape index (κ2) is 7.69. The summed E-state index contributed by atoms with van der Waals surface area (Å²) in [5.41, 5.74) is 1.44. The average molecular weight is 381 g/mol. The van der Waals surface area contributed by atoms with Gasteiger partial charge in [-0.3, -0.25) is 9.98 Å². The van der Waals surface area contributed by atoms with Gasteiger partial charge in [0.15, 0.2) is 10.3 Å². The van der Waals surface area contributed by atoms with Crippen LogP contribution in [0, 0.1) is 0 Å². The number of halogens is 2. The van der Waals surface area contributed by atoms with Gasteiger partial charge in [0, 0.05) is 25.0 Å². The number of rotatable bonds is 2. The maximum atomic E-state index is 4.92. The number of aliphatic imine (C=N–C) groups is 2. The first-order valence-corrected chi connectivity index (χ1v) is 9.30. The van der Waals surface area contributed by atoms with E-state index in [0.29, 0.717) is 12.1 Å². The summed E-state index contributed by atoms with van der Waals surface area (Å²) in [5, 5.41) is 4.74. The van der Waals surface area contributed by atoms with Crippen molar-refractivity contribution in [3.8, 4) is 0 Å². The Balaban J connectivity index is 0.000000882. The van der Waals surface area contributed by atoms with E-state index in [-0.39, 0.29) is 24.8 Å². The smallest absolute Gasteiger partial charge is 0.168 e. The number of fused-ring (bicyclic) bond motifs is 3. The molecule has 0 bridgehead atoms. The molecule has 3 heterocycles. The molecule has 1 aliphatic carbocycles. The van der Waals surface area contributed by atoms with Crippen molar-refractivity contribution in [2.75, 3.05) is 25.9 Å². The molecule has 1 saturated carbocycles. The number of hydrogen-bond acceptors (Lipinski definition) is 6. The van der Waals surface area contributed by atoms with Crippen LogP contribution in [0.5, 0.6) is 0 Å². The molecule has 4 aliphatic rings. The molecule has 0 N–H and O–H groups in total. The Morgan fingerprint density at radius 1 is 1.32 bits per heavy atom. The molecule has 0 unspecified atom stereocenters. The molecule has 8 heteroatoms. The van der Waals surface area contributed by atoms with Gasteiger partial charge in [0.05, 0.1) is 18.6 Å². The van der Waals surface area contributed by atoms with Gasteiger partial charge in [-0.25, -0.2) is 0 Å². The second-order valence-electron chi connectivity index (χ2n) is 5.80. The van der Waals surface area contributed by atoms with Crippen LogP contribution in [0.4, 0.5) is 0 Å². The lowest BCUT2D eigenvalue weighted by molar-refractivity contribution is 0.285. The van der Waals surface area contributed by atoms with Crippen LogP contribution in [-0.2, 0) is 0 Å². The Morgan fingerprint density at radius 2 is 2.14 bits per heavy atom. The van der Waals surface area contributed by atoms with Gasteiger partial charge < -0.3 is 9.80 Å². The molecule has 0 aromatic heterocycles. The van der Waals surface area contributed by atoms with Crippen LogP contribution in [0.25, 0.3) is 0 Å². The Bertz CT molecular complexity index is 509. The molecule has 0 saturated heterocycles. The van der Waals surface area contributed by atoms with Gasteiger partial charge in [-0.05, 0) is 18.2 Å². The van der Waals surface area contributed by atoms with Crippen molar-refractivity contribution in [3.05, 3.63) is 11.1 Å². The van der Waals surface area contributed by atoms with E-state index in [0.717, 1.165) is 18.8 Å². The van der Waals surface area contributed by atoms with Crippen LogP contribution in [0.2, 0.25) is 0 Å². The van der Waals surface area contributed by atoms with Crippen molar-refractivity contribution in [2.24, 2.45) is 9.98 Å². The third kappa shape index (κ3) is 3.25. The van der Waals surface area contributed by atoms with E-state index < -0.39 is 0 Å². The molecule has 1 fully saturated rings. The largest absolute Gasteiger partial charge is 0.353 e. The first kappa shape index (κ1) is 18.3. The zero-order valence-corrected chi connectivity index (χ0v) is 15.9. The van der Waals surface area contributed by atoms with Crippen LogP contribution in [-0.4, -0.2) is 58.1 Å². The minimum absolute atomic E-state index is 0. The molecule has 0 spiro atoms. The Kier molecular flexibility index (Phi) is 6.39. The molecule has 3 aliphatic heterocycles. The number of nitrogens with zero attached hydrogens (tertiary/aromatic N) is 4. The van der Waals surface area contributed by atoms with Crippen LogP contribution in [0.1, 0.15) is 25.7 Å². The van der Waals surface area contributed by atoms with E-state index in [4.69, 9.17) is 4.99 Å². The number of hydrogen-bond donors (Lipinski definition) is 0. The van der Waals surface area contributed by atoms with Crippen LogP contribution in [0.15, 0.2) is 21.1 Å². The van der Waals surface area contributed by atoms with E-state index >= 15 is 0 Å². The summed E-state index contributed by atoms with van der Waals surface area (Å²) in [6.07, 6.45) is 5.30. The van der Waals surface area contributed by atoms with Gasteiger partial charge in [0.2, 0.25) is 0 Å². The highest BCUT2D eigenvalue weighted by Gasteiger charge is 2.41. The highest BCUT2D eigenvalue weighted by atomic mass is 35.5. The molecule has 124 valence electrons. The molecule has 4 nitrogen and oxygen atoms in total. The fraction of sp³-hybridized carbons (Fsp3) is 0.714. The molecule has 0 radical (unpaired) electrons. The fourth-order valence-corrected chi connectivity index (χ4v) is 5.50. The molecular weight excluding hydrogens is 359 g/mol. The summed E-state index contributed by atoms with van der Waals surface area (Å²) in [4.78, 5) is 14.3. The number of likely N-dealkylation sites (N-methyl/N-ethyl adjacent to an activating group) is 1. The lowest BCUT2D eigenvalue weighted by Gasteiger charge is -2.32. The fourth-order valence-electron chi connectivity index (χ4n) is 3.40. The Hall–Kier alpha value is -0.0400. The summed E-state index contributed by atoms with van der Waals surface area (Å²) >= 11 is 3.69. The van der Waals surface area contributed by atoms with E-state index in [9.17, 15) is 0 Å². The van der Waals surface area contributed by atoms with Gasteiger partial charge in [0.25, 0.3) is 0 Å². The monoisotopic (exact) mass is 380 g/mol. The SMILES string of the molecule is CN1CCN=C1SCC1=CSC2=N[C@@H]3CCCC[C@H]3N12.Cl.Cl.